The average Bonchev–Trinajstić information content (AvgIpc) is 2.92. The Morgan fingerprint density at radius 3 is 2.50 bits per heavy atom. The minimum Gasteiger partial charge on any atom is -0.370 e. The van der Waals surface area contributed by atoms with Crippen LogP contribution in [0.1, 0.15) is 42.9 Å². The van der Waals surface area contributed by atoms with Crippen molar-refractivity contribution in [1.29, 1.82) is 0 Å². The molecule has 6 heteroatoms. The number of anilines is 2. The van der Waals surface area contributed by atoms with Crippen LogP contribution in [-0.2, 0) is 0 Å². The normalized spacial score (nSPS) is 10.5. The Morgan fingerprint density at radius 1 is 1.27 bits per heavy atom. The second-order valence-electron chi connectivity index (χ2n) is 5.17. The van der Waals surface area contributed by atoms with Gasteiger partial charge in [-0.2, -0.15) is 0 Å². The van der Waals surface area contributed by atoms with E-state index in [1.54, 1.807) is 25.3 Å². The van der Waals surface area contributed by atoms with Gasteiger partial charge in [0.25, 0.3) is 5.91 Å². The van der Waals surface area contributed by atoms with Gasteiger partial charge in [-0.1, -0.05) is 19.0 Å². The van der Waals surface area contributed by atoms with Crippen molar-refractivity contribution in [2.45, 2.75) is 33.6 Å². The number of rotatable bonds is 7. The van der Waals surface area contributed by atoms with Gasteiger partial charge in [0.05, 0.1) is 11.9 Å². The van der Waals surface area contributed by atoms with Crippen LogP contribution < -0.4 is 10.2 Å². The fourth-order valence-electron chi connectivity index (χ4n) is 2.22. The topological polar surface area (TPSA) is 71.3 Å². The van der Waals surface area contributed by atoms with Gasteiger partial charge in [0.15, 0.2) is 5.82 Å². The number of pyridine rings is 1. The van der Waals surface area contributed by atoms with Crippen molar-refractivity contribution in [3.8, 4) is 0 Å². The van der Waals surface area contributed by atoms with Crippen LogP contribution in [0.5, 0.6) is 0 Å². The van der Waals surface area contributed by atoms with E-state index in [-0.39, 0.29) is 5.91 Å². The van der Waals surface area contributed by atoms with Crippen LogP contribution in [-0.4, -0.2) is 29.1 Å². The molecule has 0 bridgehead atoms. The minimum atomic E-state index is -0.294. The largest absolute Gasteiger partial charge is 0.370 e. The number of carbonyl (C=O) groups is 1. The van der Waals surface area contributed by atoms with E-state index in [9.17, 15) is 4.79 Å². The van der Waals surface area contributed by atoms with Crippen LogP contribution in [0.3, 0.4) is 0 Å². The van der Waals surface area contributed by atoms with Crippen molar-refractivity contribution < 1.29 is 9.32 Å². The number of hydrogen-bond acceptors (Lipinski definition) is 5. The highest BCUT2D eigenvalue weighted by Gasteiger charge is 2.11. The summed E-state index contributed by atoms with van der Waals surface area (Å²) in [5, 5.41) is 6.39. The number of nitrogens with zero attached hydrogens (tertiary/aromatic N) is 3. The molecule has 1 amide bonds. The smallest absolute Gasteiger partial charge is 0.275 e. The predicted molar refractivity (Wildman–Crippen MR) is 86.2 cm³/mol. The van der Waals surface area contributed by atoms with Crippen LogP contribution in [0.25, 0.3) is 0 Å². The fraction of sp³-hybridized carbons (Fsp3) is 0.438. The maximum Gasteiger partial charge on any atom is 0.275 e. The van der Waals surface area contributed by atoms with E-state index in [0.29, 0.717) is 17.3 Å². The lowest BCUT2D eigenvalue weighted by molar-refractivity contribution is 0.102. The first kappa shape index (κ1) is 16.0. The predicted octanol–water partition coefficient (Wildman–Crippen LogP) is 3.26. The second-order valence-corrected chi connectivity index (χ2v) is 5.17. The van der Waals surface area contributed by atoms with E-state index in [1.165, 1.54) is 0 Å². The third-order valence-electron chi connectivity index (χ3n) is 3.20. The SMILES string of the molecule is CCCN(CCC)c1ccc(C(=O)Nc2cc(C)on2)nc1. The van der Waals surface area contributed by atoms with E-state index in [2.05, 4.69) is 34.2 Å². The van der Waals surface area contributed by atoms with Crippen LogP contribution in [0.15, 0.2) is 28.9 Å². The molecule has 0 aliphatic carbocycles. The monoisotopic (exact) mass is 302 g/mol. The molecule has 0 unspecified atom stereocenters. The Kier molecular flexibility index (Phi) is 5.52. The summed E-state index contributed by atoms with van der Waals surface area (Å²) >= 11 is 0. The van der Waals surface area contributed by atoms with Crippen LogP contribution in [0.4, 0.5) is 11.5 Å². The summed E-state index contributed by atoms with van der Waals surface area (Å²) in [5.41, 5.74) is 1.40. The molecule has 2 heterocycles. The molecule has 2 aromatic rings. The van der Waals surface area contributed by atoms with Gasteiger partial charge in [0, 0.05) is 19.2 Å². The van der Waals surface area contributed by atoms with Gasteiger partial charge in [-0.25, -0.2) is 4.98 Å². The van der Waals surface area contributed by atoms with Gasteiger partial charge in [0.1, 0.15) is 11.5 Å². The third-order valence-corrected chi connectivity index (χ3v) is 3.20. The average molecular weight is 302 g/mol. The zero-order valence-electron chi connectivity index (χ0n) is 13.3. The zero-order chi connectivity index (χ0) is 15.9. The molecule has 1 N–H and O–H groups in total. The second kappa shape index (κ2) is 7.59. The summed E-state index contributed by atoms with van der Waals surface area (Å²) in [4.78, 5) is 18.6. The highest BCUT2D eigenvalue weighted by atomic mass is 16.5. The molecule has 6 nitrogen and oxygen atoms in total. The maximum absolute atomic E-state index is 12.1. The summed E-state index contributed by atoms with van der Waals surface area (Å²) in [6.45, 7) is 8.04. The van der Waals surface area contributed by atoms with Gasteiger partial charge >= 0.3 is 0 Å². The molecule has 2 rings (SSSR count). The number of carbonyl (C=O) groups excluding carboxylic acids is 1. The van der Waals surface area contributed by atoms with Crippen LogP contribution in [0, 0.1) is 6.92 Å². The summed E-state index contributed by atoms with van der Waals surface area (Å²) in [5.74, 6) is 0.748. The molecule has 0 fully saturated rings. The number of nitrogens with one attached hydrogen (secondary N) is 1. The number of amides is 1. The molecule has 22 heavy (non-hydrogen) atoms. The molecule has 0 saturated carbocycles. The first-order valence-corrected chi connectivity index (χ1v) is 7.59. The van der Waals surface area contributed by atoms with Gasteiger partial charge < -0.3 is 14.7 Å². The standard InChI is InChI=1S/C16H22N4O2/c1-4-8-20(9-5-2)13-6-7-14(17-11-13)16(21)18-15-10-12(3)22-19-15/h6-7,10-11H,4-5,8-9H2,1-3H3,(H,18,19,21). The van der Waals surface area contributed by atoms with E-state index in [0.717, 1.165) is 31.6 Å². The molecule has 0 aliphatic rings. The highest BCUT2D eigenvalue weighted by Crippen LogP contribution is 2.15. The zero-order valence-corrected chi connectivity index (χ0v) is 13.3. The maximum atomic E-state index is 12.1. The van der Waals surface area contributed by atoms with Crippen LogP contribution >= 0.6 is 0 Å². The Balaban J connectivity index is 2.05. The third kappa shape index (κ3) is 4.07. The van der Waals surface area contributed by atoms with E-state index in [1.807, 2.05) is 6.07 Å². The Labute approximate surface area is 130 Å². The molecule has 0 radical (unpaired) electrons. The summed E-state index contributed by atoms with van der Waals surface area (Å²) in [6.07, 6.45) is 3.90. The van der Waals surface area contributed by atoms with E-state index < -0.39 is 0 Å². The number of aryl methyl sites for hydroxylation is 1. The quantitative estimate of drug-likeness (QED) is 0.850. The molecule has 0 spiro atoms. The van der Waals surface area contributed by atoms with Crippen molar-refractivity contribution in [3.05, 3.63) is 35.9 Å². The van der Waals surface area contributed by atoms with Crippen molar-refractivity contribution >= 4 is 17.4 Å². The molecule has 0 saturated heterocycles. The highest BCUT2D eigenvalue weighted by molar-refractivity contribution is 6.02. The first-order valence-electron chi connectivity index (χ1n) is 7.59. The van der Waals surface area contributed by atoms with Crippen molar-refractivity contribution in [2.24, 2.45) is 0 Å². The van der Waals surface area contributed by atoms with Crippen molar-refractivity contribution in [2.75, 3.05) is 23.3 Å². The minimum absolute atomic E-state index is 0.294. The van der Waals surface area contributed by atoms with E-state index >= 15 is 0 Å². The fourth-order valence-corrected chi connectivity index (χ4v) is 2.22. The Bertz CT molecular complexity index is 601. The lowest BCUT2D eigenvalue weighted by atomic mass is 10.2. The lowest BCUT2D eigenvalue weighted by Crippen LogP contribution is -2.25. The molecule has 2 aromatic heterocycles. The molecule has 0 aliphatic heterocycles. The first-order chi connectivity index (χ1) is 10.6. The van der Waals surface area contributed by atoms with Gasteiger partial charge in [-0.3, -0.25) is 4.79 Å². The summed E-state index contributed by atoms with van der Waals surface area (Å²) in [7, 11) is 0. The molecule has 0 aromatic carbocycles. The summed E-state index contributed by atoms with van der Waals surface area (Å²) < 4.78 is 4.91. The number of aromatic nitrogens is 2. The van der Waals surface area contributed by atoms with Gasteiger partial charge in [0.2, 0.25) is 0 Å². The molecule has 118 valence electrons. The lowest BCUT2D eigenvalue weighted by Gasteiger charge is -2.23. The number of hydrogen-bond donors (Lipinski definition) is 1. The van der Waals surface area contributed by atoms with Gasteiger partial charge in [-0.05, 0) is 31.9 Å². The van der Waals surface area contributed by atoms with Crippen molar-refractivity contribution in [3.63, 3.8) is 0 Å². The summed E-state index contributed by atoms with van der Waals surface area (Å²) in [6, 6.07) is 5.33. The van der Waals surface area contributed by atoms with Crippen LogP contribution in [0.2, 0.25) is 0 Å². The molecule has 0 atom stereocenters. The van der Waals surface area contributed by atoms with E-state index in [4.69, 9.17) is 4.52 Å². The molecular weight excluding hydrogens is 280 g/mol. The molecular formula is C16H22N4O2. The van der Waals surface area contributed by atoms with Gasteiger partial charge in [-0.15, -0.1) is 0 Å². The Morgan fingerprint density at radius 2 is 2.00 bits per heavy atom. The van der Waals surface area contributed by atoms with Crippen molar-refractivity contribution in [1.82, 2.24) is 10.1 Å². The Hall–Kier alpha value is -2.37.